The third kappa shape index (κ3) is 3.61. The van der Waals surface area contributed by atoms with Gasteiger partial charge >= 0.3 is 0 Å². The Bertz CT molecular complexity index is 629. The summed E-state index contributed by atoms with van der Waals surface area (Å²) in [4.78, 5) is 18.2. The zero-order chi connectivity index (χ0) is 14.7. The van der Waals surface area contributed by atoms with E-state index in [-0.39, 0.29) is 5.91 Å². The second-order valence-corrected chi connectivity index (χ2v) is 5.95. The molecule has 0 spiro atoms. The van der Waals surface area contributed by atoms with Crippen molar-refractivity contribution in [3.8, 4) is 0 Å². The van der Waals surface area contributed by atoms with Crippen LogP contribution in [0.15, 0.2) is 36.5 Å². The van der Waals surface area contributed by atoms with Crippen LogP contribution >= 0.6 is 34.2 Å². The molecule has 0 aliphatic heterocycles. The van der Waals surface area contributed by atoms with Crippen LogP contribution in [0.1, 0.15) is 10.4 Å². The third-order valence-corrected chi connectivity index (χ3v) is 4.22. The van der Waals surface area contributed by atoms with E-state index in [1.165, 1.54) is 0 Å². The molecule has 0 bridgehead atoms. The summed E-state index contributed by atoms with van der Waals surface area (Å²) in [7, 11) is 3.82. The fourth-order valence-electron chi connectivity index (χ4n) is 1.57. The van der Waals surface area contributed by atoms with E-state index in [4.69, 9.17) is 11.6 Å². The summed E-state index contributed by atoms with van der Waals surface area (Å²) in [6.45, 7) is 0. The minimum Gasteiger partial charge on any atom is -0.363 e. The van der Waals surface area contributed by atoms with Crippen LogP contribution in [0.2, 0.25) is 5.02 Å². The van der Waals surface area contributed by atoms with Crippen LogP contribution in [0.5, 0.6) is 0 Å². The SMILES string of the molecule is CN(C)c1ccc(NC(=O)c2ccc(I)c(Cl)c2)cn1. The van der Waals surface area contributed by atoms with Crippen LogP contribution in [0.25, 0.3) is 0 Å². The summed E-state index contributed by atoms with van der Waals surface area (Å²) in [5, 5.41) is 3.36. The molecule has 0 unspecified atom stereocenters. The van der Waals surface area contributed by atoms with Gasteiger partial charge in [0, 0.05) is 23.2 Å². The summed E-state index contributed by atoms with van der Waals surface area (Å²) in [5.74, 6) is 0.628. The molecule has 6 heteroatoms. The molecule has 1 amide bonds. The van der Waals surface area contributed by atoms with Crippen molar-refractivity contribution in [1.29, 1.82) is 0 Å². The number of hydrogen-bond donors (Lipinski definition) is 1. The first-order chi connectivity index (χ1) is 9.47. The number of halogens is 2. The lowest BCUT2D eigenvalue weighted by atomic mass is 10.2. The number of anilines is 2. The molecular weight excluding hydrogens is 389 g/mol. The van der Waals surface area contributed by atoms with Crippen molar-refractivity contribution in [2.24, 2.45) is 0 Å². The summed E-state index contributed by atoms with van der Waals surface area (Å²) < 4.78 is 0.915. The van der Waals surface area contributed by atoms with Crippen molar-refractivity contribution in [2.75, 3.05) is 24.3 Å². The minimum absolute atomic E-state index is 0.206. The van der Waals surface area contributed by atoms with E-state index in [9.17, 15) is 4.79 Å². The highest BCUT2D eigenvalue weighted by molar-refractivity contribution is 14.1. The fourth-order valence-corrected chi connectivity index (χ4v) is 2.08. The molecule has 0 fully saturated rings. The molecule has 1 aromatic carbocycles. The smallest absolute Gasteiger partial charge is 0.255 e. The van der Waals surface area contributed by atoms with Gasteiger partial charge in [0.2, 0.25) is 0 Å². The van der Waals surface area contributed by atoms with E-state index in [1.807, 2.05) is 37.2 Å². The van der Waals surface area contributed by atoms with E-state index in [0.29, 0.717) is 16.3 Å². The molecule has 0 aliphatic carbocycles. The topological polar surface area (TPSA) is 45.2 Å². The molecule has 0 aliphatic rings. The van der Waals surface area contributed by atoms with Gasteiger partial charge < -0.3 is 10.2 Å². The van der Waals surface area contributed by atoms with Gasteiger partial charge in [-0.05, 0) is 52.9 Å². The second-order valence-electron chi connectivity index (χ2n) is 4.38. The molecule has 104 valence electrons. The monoisotopic (exact) mass is 401 g/mol. The summed E-state index contributed by atoms with van der Waals surface area (Å²) >= 11 is 8.13. The van der Waals surface area contributed by atoms with Gasteiger partial charge in [0.15, 0.2) is 0 Å². The Balaban J connectivity index is 2.12. The van der Waals surface area contributed by atoms with Crippen molar-refractivity contribution < 1.29 is 4.79 Å². The molecule has 1 aromatic heterocycles. The number of rotatable bonds is 3. The number of carbonyl (C=O) groups excluding carboxylic acids is 1. The van der Waals surface area contributed by atoms with Crippen LogP contribution in [0, 0.1) is 3.57 Å². The maximum atomic E-state index is 12.1. The number of nitrogens with zero attached hydrogens (tertiary/aromatic N) is 2. The molecule has 2 rings (SSSR count). The maximum Gasteiger partial charge on any atom is 0.255 e. The Kier molecular flexibility index (Phi) is 4.82. The minimum atomic E-state index is -0.206. The van der Waals surface area contributed by atoms with E-state index in [2.05, 4.69) is 32.9 Å². The highest BCUT2D eigenvalue weighted by Gasteiger charge is 2.08. The van der Waals surface area contributed by atoms with Crippen molar-refractivity contribution in [3.63, 3.8) is 0 Å². The number of benzene rings is 1. The zero-order valence-corrected chi connectivity index (χ0v) is 13.9. The number of aromatic nitrogens is 1. The van der Waals surface area contributed by atoms with E-state index in [0.717, 1.165) is 9.39 Å². The first-order valence-corrected chi connectivity index (χ1v) is 7.33. The fraction of sp³-hybridized carbons (Fsp3) is 0.143. The number of hydrogen-bond acceptors (Lipinski definition) is 3. The van der Waals surface area contributed by atoms with Gasteiger partial charge in [-0.15, -0.1) is 0 Å². The Labute approximate surface area is 136 Å². The quantitative estimate of drug-likeness (QED) is 0.799. The second kappa shape index (κ2) is 6.41. The first kappa shape index (κ1) is 15.1. The molecule has 20 heavy (non-hydrogen) atoms. The third-order valence-electron chi connectivity index (χ3n) is 2.65. The predicted octanol–water partition coefficient (Wildman–Crippen LogP) is 3.66. The predicted molar refractivity (Wildman–Crippen MR) is 90.7 cm³/mol. The lowest BCUT2D eigenvalue weighted by molar-refractivity contribution is 0.102. The van der Waals surface area contributed by atoms with Crippen LogP contribution in [0.4, 0.5) is 11.5 Å². The van der Waals surface area contributed by atoms with Crippen molar-refractivity contribution >= 4 is 51.6 Å². The molecule has 0 saturated carbocycles. The largest absolute Gasteiger partial charge is 0.363 e. The van der Waals surface area contributed by atoms with Crippen LogP contribution in [-0.2, 0) is 0 Å². The normalized spacial score (nSPS) is 10.2. The highest BCUT2D eigenvalue weighted by Crippen LogP contribution is 2.20. The van der Waals surface area contributed by atoms with Gasteiger partial charge in [-0.1, -0.05) is 11.6 Å². The average Bonchev–Trinajstić information content (AvgIpc) is 2.42. The zero-order valence-electron chi connectivity index (χ0n) is 11.0. The van der Waals surface area contributed by atoms with Crippen LogP contribution in [-0.4, -0.2) is 25.0 Å². The van der Waals surface area contributed by atoms with Gasteiger partial charge in [-0.25, -0.2) is 4.98 Å². The molecule has 0 atom stereocenters. The van der Waals surface area contributed by atoms with E-state index < -0.39 is 0 Å². The molecule has 0 radical (unpaired) electrons. The lowest BCUT2D eigenvalue weighted by Crippen LogP contribution is -2.13. The number of carbonyl (C=O) groups is 1. The van der Waals surface area contributed by atoms with E-state index in [1.54, 1.807) is 18.3 Å². The van der Waals surface area contributed by atoms with Gasteiger partial charge in [-0.3, -0.25) is 4.79 Å². The number of nitrogens with one attached hydrogen (secondary N) is 1. The van der Waals surface area contributed by atoms with Crippen molar-refractivity contribution in [1.82, 2.24) is 4.98 Å². The molecule has 0 saturated heterocycles. The Hall–Kier alpha value is -1.34. The molecule has 2 aromatic rings. The van der Waals surface area contributed by atoms with Crippen LogP contribution < -0.4 is 10.2 Å². The van der Waals surface area contributed by atoms with E-state index >= 15 is 0 Å². The number of pyridine rings is 1. The Morgan fingerprint density at radius 3 is 2.60 bits per heavy atom. The summed E-state index contributed by atoms with van der Waals surface area (Å²) in [6, 6.07) is 8.86. The van der Waals surface area contributed by atoms with Gasteiger partial charge in [0.25, 0.3) is 5.91 Å². The Morgan fingerprint density at radius 2 is 2.05 bits per heavy atom. The summed E-state index contributed by atoms with van der Waals surface area (Å²) in [5.41, 5.74) is 1.17. The summed E-state index contributed by atoms with van der Waals surface area (Å²) in [6.07, 6.45) is 1.63. The van der Waals surface area contributed by atoms with Crippen molar-refractivity contribution in [3.05, 3.63) is 50.7 Å². The van der Waals surface area contributed by atoms with Gasteiger partial charge in [0.05, 0.1) is 16.9 Å². The van der Waals surface area contributed by atoms with Crippen molar-refractivity contribution in [2.45, 2.75) is 0 Å². The number of amides is 1. The average molecular weight is 402 g/mol. The highest BCUT2D eigenvalue weighted by atomic mass is 127. The molecule has 1 heterocycles. The maximum absolute atomic E-state index is 12.1. The van der Waals surface area contributed by atoms with Crippen LogP contribution in [0.3, 0.4) is 0 Å². The first-order valence-electron chi connectivity index (χ1n) is 5.87. The molecule has 4 nitrogen and oxygen atoms in total. The van der Waals surface area contributed by atoms with Gasteiger partial charge in [-0.2, -0.15) is 0 Å². The molecule has 1 N–H and O–H groups in total. The molecular formula is C14H13ClIN3O. The Morgan fingerprint density at radius 1 is 1.30 bits per heavy atom. The lowest BCUT2D eigenvalue weighted by Gasteiger charge is -2.11. The van der Waals surface area contributed by atoms with Gasteiger partial charge in [0.1, 0.15) is 5.82 Å². The standard InChI is InChI=1S/C14H13ClIN3O/c1-19(2)13-6-4-10(8-17-13)18-14(20)9-3-5-12(16)11(15)7-9/h3-8H,1-2H3,(H,18,20).